The number of amides is 2. The zero-order valence-corrected chi connectivity index (χ0v) is 15.8. The standard InChI is InChI=1S/C19H21F2N3O2S/c1-13-2-7-27-18(13)19(26)24(11-14-8-15(20)10-16(21)9-14)12-17(25)23-5-3-22-4-6-23/h2,7-10,22H,3-6,11-12H2,1H3. The molecular formula is C19H21F2N3O2S. The Kier molecular flexibility index (Phi) is 6.18. The van der Waals surface area contributed by atoms with Crippen LogP contribution in [0.15, 0.2) is 29.6 Å². The number of nitrogens with zero attached hydrogens (tertiary/aromatic N) is 2. The Labute approximate surface area is 160 Å². The van der Waals surface area contributed by atoms with E-state index < -0.39 is 11.6 Å². The normalized spacial score (nSPS) is 14.3. The van der Waals surface area contributed by atoms with Crippen molar-refractivity contribution in [1.29, 1.82) is 0 Å². The summed E-state index contributed by atoms with van der Waals surface area (Å²) in [4.78, 5) is 29.2. The van der Waals surface area contributed by atoms with Gasteiger partial charge >= 0.3 is 0 Å². The molecule has 1 saturated heterocycles. The van der Waals surface area contributed by atoms with Gasteiger partial charge in [0.15, 0.2) is 0 Å². The Morgan fingerprint density at radius 3 is 2.44 bits per heavy atom. The van der Waals surface area contributed by atoms with Crippen molar-refractivity contribution in [3.8, 4) is 0 Å². The summed E-state index contributed by atoms with van der Waals surface area (Å²) >= 11 is 1.29. The number of thiophene rings is 1. The second kappa shape index (κ2) is 8.58. The highest BCUT2D eigenvalue weighted by atomic mass is 32.1. The Morgan fingerprint density at radius 2 is 1.85 bits per heavy atom. The first-order chi connectivity index (χ1) is 12.9. The average molecular weight is 393 g/mol. The molecule has 1 aromatic carbocycles. The number of nitrogens with one attached hydrogen (secondary N) is 1. The van der Waals surface area contributed by atoms with Gasteiger partial charge in [-0.05, 0) is 41.6 Å². The highest BCUT2D eigenvalue weighted by Crippen LogP contribution is 2.20. The van der Waals surface area contributed by atoms with Gasteiger partial charge in [-0.1, -0.05) is 0 Å². The van der Waals surface area contributed by atoms with Gasteiger partial charge in [0, 0.05) is 38.8 Å². The molecule has 1 fully saturated rings. The molecule has 0 spiro atoms. The number of rotatable bonds is 5. The van der Waals surface area contributed by atoms with Crippen molar-refractivity contribution in [2.75, 3.05) is 32.7 Å². The summed E-state index contributed by atoms with van der Waals surface area (Å²) in [5, 5.41) is 4.98. The number of benzene rings is 1. The van der Waals surface area contributed by atoms with Crippen molar-refractivity contribution in [2.45, 2.75) is 13.5 Å². The lowest BCUT2D eigenvalue weighted by Crippen LogP contribution is -2.50. The Morgan fingerprint density at radius 1 is 1.19 bits per heavy atom. The third kappa shape index (κ3) is 4.90. The predicted octanol–water partition coefficient (Wildman–Crippen LogP) is 2.41. The van der Waals surface area contributed by atoms with Crippen LogP contribution in [0, 0.1) is 18.6 Å². The SMILES string of the molecule is Cc1ccsc1C(=O)N(CC(=O)N1CCNCC1)Cc1cc(F)cc(F)c1. The van der Waals surface area contributed by atoms with E-state index in [1.807, 2.05) is 13.0 Å². The van der Waals surface area contributed by atoms with Crippen LogP contribution in [0.2, 0.25) is 0 Å². The van der Waals surface area contributed by atoms with E-state index in [0.29, 0.717) is 36.6 Å². The fourth-order valence-corrected chi connectivity index (χ4v) is 3.93. The zero-order valence-electron chi connectivity index (χ0n) is 15.0. The molecule has 144 valence electrons. The van der Waals surface area contributed by atoms with Crippen molar-refractivity contribution in [3.63, 3.8) is 0 Å². The van der Waals surface area contributed by atoms with Gasteiger partial charge in [-0.3, -0.25) is 9.59 Å². The number of halogens is 2. The van der Waals surface area contributed by atoms with E-state index in [4.69, 9.17) is 0 Å². The molecule has 0 unspecified atom stereocenters. The number of carbonyl (C=O) groups excluding carboxylic acids is 2. The van der Waals surface area contributed by atoms with E-state index >= 15 is 0 Å². The van der Waals surface area contributed by atoms with Crippen molar-refractivity contribution < 1.29 is 18.4 Å². The van der Waals surface area contributed by atoms with Crippen LogP contribution in [-0.2, 0) is 11.3 Å². The molecule has 1 N–H and O–H groups in total. The van der Waals surface area contributed by atoms with Gasteiger partial charge < -0.3 is 15.1 Å². The van der Waals surface area contributed by atoms with Gasteiger partial charge in [0.05, 0.1) is 4.88 Å². The average Bonchev–Trinajstić information content (AvgIpc) is 3.06. The number of aryl methyl sites for hydroxylation is 1. The maximum atomic E-state index is 13.5. The van der Waals surface area contributed by atoms with Crippen molar-refractivity contribution in [1.82, 2.24) is 15.1 Å². The first kappa shape index (κ1) is 19.4. The molecule has 0 bridgehead atoms. The maximum Gasteiger partial charge on any atom is 0.264 e. The van der Waals surface area contributed by atoms with E-state index in [9.17, 15) is 18.4 Å². The van der Waals surface area contributed by atoms with Crippen LogP contribution < -0.4 is 5.32 Å². The molecule has 1 aromatic heterocycles. The number of piperazine rings is 1. The fraction of sp³-hybridized carbons (Fsp3) is 0.368. The number of hydrogen-bond donors (Lipinski definition) is 1. The lowest BCUT2D eigenvalue weighted by molar-refractivity contribution is -0.132. The molecule has 1 aliphatic heterocycles. The monoisotopic (exact) mass is 393 g/mol. The molecule has 0 aliphatic carbocycles. The van der Waals surface area contributed by atoms with E-state index in [0.717, 1.165) is 11.6 Å². The highest BCUT2D eigenvalue weighted by molar-refractivity contribution is 7.12. The van der Waals surface area contributed by atoms with Gasteiger partial charge in [0.2, 0.25) is 5.91 Å². The minimum atomic E-state index is -0.710. The van der Waals surface area contributed by atoms with Gasteiger partial charge in [-0.2, -0.15) is 0 Å². The first-order valence-corrected chi connectivity index (χ1v) is 9.59. The second-order valence-electron chi connectivity index (χ2n) is 6.50. The fourth-order valence-electron chi connectivity index (χ4n) is 3.04. The molecular weight excluding hydrogens is 372 g/mol. The minimum absolute atomic E-state index is 0.0390. The van der Waals surface area contributed by atoms with Crippen LogP contribution in [0.3, 0.4) is 0 Å². The van der Waals surface area contributed by atoms with Crippen LogP contribution in [-0.4, -0.2) is 54.3 Å². The summed E-state index contributed by atoms with van der Waals surface area (Å²) in [5.74, 6) is -1.90. The maximum absolute atomic E-state index is 13.5. The molecule has 3 rings (SSSR count). The smallest absolute Gasteiger partial charge is 0.264 e. The summed E-state index contributed by atoms with van der Waals surface area (Å²) in [6, 6.07) is 4.97. The summed E-state index contributed by atoms with van der Waals surface area (Å²) < 4.78 is 27.1. The molecule has 27 heavy (non-hydrogen) atoms. The Bertz CT molecular complexity index is 814. The lowest BCUT2D eigenvalue weighted by Gasteiger charge is -2.30. The quantitative estimate of drug-likeness (QED) is 0.849. The van der Waals surface area contributed by atoms with Gasteiger partial charge in [-0.25, -0.2) is 8.78 Å². The lowest BCUT2D eigenvalue weighted by atomic mass is 10.1. The predicted molar refractivity (Wildman–Crippen MR) is 99.6 cm³/mol. The van der Waals surface area contributed by atoms with Crippen LogP contribution in [0.5, 0.6) is 0 Å². The molecule has 0 atom stereocenters. The minimum Gasteiger partial charge on any atom is -0.339 e. The third-order valence-electron chi connectivity index (χ3n) is 4.44. The summed E-state index contributed by atoms with van der Waals surface area (Å²) in [5.41, 5.74) is 1.12. The topological polar surface area (TPSA) is 52.7 Å². The molecule has 5 nitrogen and oxygen atoms in total. The number of carbonyl (C=O) groups is 2. The van der Waals surface area contributed by atoms with Crippen LogP contribution in [0.1, 0.15) is 20.8 Å². The molecule has 2 aromatic rings. The molecule has 1 aliphatic rings. The Balaban J connectivity index is 1.82. The van der Waals surface area contributed by atoms with Crippen LogP contribution >= 0.6 is 11.3 Å². The third-order valence-corrected chi connectivity index (χ3v) is 5.44. The van der Waals surface area contributed by atoms with Crippen LogP contribution in [0.25, 0.3) is 0 Å². The molecule has 0 radical (unpaired) electrons. The largest absolute Gasteiger partial charge is 0.339 e. The first-order valence-electron chi connectivity index (χ1n) is 8.71. The summed E-state index contributed by atoms with van der Waals surface area (Å²) in [7, 11) is 0. The number of hydrogen-bond acceptors (Lipinski definition) is 4. The van der Waals surface area contributed by atoms with Crippen LogP contribution in [0.4, 0.5) is 8.78 Å². The molecule has 2 amide bonds. The second-order valence-corrected chi connectivity index (χ2v) is 7.42. The van der Waals surface area contributed by atoms with Gasteiger partial charge in [0.1, 0.15) is 18.2 Å². The van der Waals surface area contributed by atoms with E-state index in [1.165, 1.54) is 28.4 Å². The van der Waals surface area contributed by atoms with Crippen molar-refractivity contribution in [3.05, 3.63) is 57.3 Å². The highest BCUT2D eigenvalue weighted by Gasteiger charge is 2.25. The zero-order chi connectivity index (χ0) is 19.4. The van der Waals surface area contributed by atoms with Crippen molar-refractivity contribution >= 4 is 23.2 Å². The van der Waals surface area contributed by atoms with E-state index in [2.05, 4.69) is 5.32 Å². The van der Waals surface area contributed by atoms with Gasteiger partial charge in [-0.15, -0.1) is 11.3 Å². The van der Waals surface area contributed by atoms with Crippen molar-refractivity contribution in [2.24, 2.45) is 0 Å². The molecule has 0 saturated carbocycles. The van der Waals surface area contributed by atoms with E-state index in [1.54, 1.807) is 10.3 Å². The molecule has 8 heteroatoms. The Hall–Kier alpha value is -2.32. The summed E-state index contributed by atoms with van der Waals surface area (Å²) in [6.07, 6.45) is 0. The van der Waals surface area contributed by atoms with Gasteiger partial charge in [0.25, 0.3) is 5.91 Å². The van der Waals surface area contributed by atoms with E-state index in [-0.39, 0.29) is 24.9 Å². The summed E-state index contributed by atoms with van der Waals surface area (Å²) in [6.45, 7) is 4.22. The molecule has 2 heterocycles.